The molecule has 0 bridgehead atoms. The van der Waals surface area contributed by atoms with Crippen molar-refractivity contribution < 1.29 is 33.5 Å². The van der Waals surface area contributed by atoms with Gasteiger partial charge in [-0.15, -0.1) is 0 Å². The number of ether oxygens (including phenoxy) is 1. The monoisotopic (exact) mass is 729 g/mol. The second-order valence-corrected chi connectivity index (χ2v) is 15.0. The molecule has 0 aliphatic carbocycles. The number of nitrogens with zero attached hydrogens (tertiary/aromatic N) is 2. The van der Waals surface area contributed by atoms with Gasteiger partial charge < -0.3 is 30.5 Å². The van der Waals surface area contributed by atoms with E-state index in [0.717, 1.165) is 69.1 Å². The Kier molecular flexibility index (Phi) is 19.7. The first kappa shape index (κ1) is 42.0. The van der Waals surface area contributed by atoms with E-state index in [1.807, 2.05) is 42.1 Å². The average Bonchev–Trinajstić information content (AvgIpc) is 3.66. The lowest BCUT2D eigenvalue weighted by atomic mass is 10.0. The van der Waals surface area contributed by atoms with Crippen LogP contribution in [-0.4, -0.2) is 108 Å². The van der Waals surface area contributed by atoms with Crippen LogP contribution in [0.2, 0.25) is 0 Å². The molecule has 1 unspecified atom stereocenters. The molecule has 0 aromatic heterocycles. The van der Waals surface area contributed by atoms with Crippen LogP contribution in [0.1, 0.15) is 102 Å². The highest BCUT2D eigenvalue weighted by molar-refractivity contribution is 8.00. The summed E-state index contributed by atoms with van der Waals surface area (Å²) in [6.07, 6.45) is 10.5. The number of benzene rings is 1. The molecule has 1 aromatic carbocycles. The largest absolute Gasteiger partial charge is 0.383 e. The Balaban J connectivity index is 1.19. The fourth-order valence-corrected chi connectivity index (χ4v) is 8.05. The van der Waals surface area contributed by atoms with Crippen LogP contribution in [0.15, 0.2) is 30.3 Å². The van der Waals surface area contributed by atoms with Gasteiger partial charge in [0.2, 0.25) is 17.7 Å². The van der Waals surface area contributed by atoms with E-state index < -0.39 is 0 Å². The van der Waals surface area contributed by atoms with Crippen molar-refractivity contribution in [3.05, 3.63) is 35.9 Å². The highest BCUT2D eigenvalue weighted by atomic mass is 32.2. The normalized spacial score (nSPS) is 17.7. The molecule has 2 heterocycles. The molecule has 3 atom stereocenters. The Morgan fingerprint density at radius 3 is 2.22 bits per heavy atom. The van der Waals surface area contributed by atoms with Crippen LogP contribution in [0.25, 0.3) is 0 Å². The van der Waals surface area contributed by atoms with Crippen LogP contribution in [0.5, 0.6) is 0 Å². The first-order valence-electron chi connectivity index (χ1n) is 18.7. The molecule has 0 saturated carbocycles. The summed E-state index contributed by atoms with van der Waals surface area (Å²) in [6, 6.07) is 9.85. The summed E-state index contributed by atoms with van der Waals surface area (Å²) in [5.74, 6) is 0.764. The number of rotatable bonds is 27. The summed E-state index contributed by atoms with van der Waals surface area (Å²) in [5, 5.41) is 9.38. The molecule has 2 fully saturated rings. The van der Waals surface area contributed by atoms with Crippen LogP contribution in [0.3, 0.4) is 0 Å². The molecule has 3 N–H and O–H groups in total. The SMILES string of the molecule is COCCN(CC(=O)N(CC(C)=O)Cc1ccccc1)C(=O)CCCCCCC(=O)CCCCCNC(=O)CCCCC1SC[C@@H]2NC(=O)N[C@H]12. The van der Waals surface area contributed by atoms with Crippen LogP contribution in [0, 0.1) is 0 Å². The second-order valence-electron chi connectivity index (χ2n) is 13.7. The van der Waals surface area contributed by atoms with E-state index in [-0.39, 0.29) is 60.5 Å². The van der Waals surface area contributed by atoms with Crippen LogP contribution < -0.4 is 16.0 Å². The van der Waals surface area contributed by atoms with Crippen LogP contribution >= 0.6 is 11.8 Å². The van der Waals surface area contributed by atoms with Crippen molar-refractivity contribution in [2.75, 3.05) is 45.6 Å². The molecule has 12 nitrogen and oxygen atoms in total. The van der Waals surface area contributed by atoms with Gasteiger partial charge in [-0.05, 0) is 51.0 Å². The van der Waals surface area contributed by atoms with Crippen molar-refractivity contribution in [2.24, 2.45) is 0 Å². The van der Waals surface area contributed by atoms with Crippen LogP contribution in [0.4, 0.5) is 4.79 Å². The number of ketones is 2. The molecule has 2 saturated heterocycles. The fourth-order valence-electron chi connectivity index (χ4n) is 6.51. The molecule has 3 rings (SSSR count). The van der Waals surface area contributed by atoms with Gasteiger partial charge in [-0.1, -0.05) is 56.0 Å². The number of thioether (sulfide) groups is 1. The molecule has 51 heavy (non-hydrogen) atoms. The molecule has 284 valence electrons. The van der Waals surface area contributed by atoms with E-state index in [4.69, 9.17) is 4.74 Å². The Labute approximate surface area is 307 Å². The van der Waals surface area contributed by atoms with E-state index in [2.05, 4.69) is 16.0 Å². The van der Waals surface area contributed by atoms with Crippen molar-refractivity contribution in [3.63, 3.8) is 0 Å². The minimum atomic E-state index is -0.277. The van der Waals surface area contributed by atoms with Crippen molar-refractivity contribution >= 4 is 47.1 Å². The lowest BCUT2D eigenvalue weighted by Crippen LogP contribution is -2.45. The Bertz CT molecular complexity index is 1270. The molecule has 0 radical (unpaired) electrons. The number of carbonyl (C=O) groups is 6. The second kappa shape index (κ2) is 23.9. The minimum absolute atomic E-state index is 0.0122. The quantitative estimate of drug-likeness (QED) is 0.0891. The number of Topliss-reactive ketones (excluding diaryl/α,β-unsaturated/α-hetero) is 2. The average molecular weight is 730 g/mol. The third-order valence-corrected chi connectivity index (χ3v) is 10.9. The number of carbonyl (C=O) groups excluding carboxylic acids is 6. The molecule has 13 heteroatoms. The van der Waals surface area contributed by atoms with Gasteiger partial charge >= 0.3 is 6.03 Å². The van der Waals surface area contributed by atoms with Gasteiger partial charge in [0.05, 0.1) is 31.8 Å². The third kappa shape index (κ3) is 16.6. The van der Waals surface area contributed by atoms with E-state index >= 15 is 0 Å². The van der Waals surface area contributed by atoms with Gasteiger partial charge in [-0.2, -0.15) is 11.8 Å². The predicted octanol–water partition coefficient (Wildman–Crippen LogP) is 4.39. The number of methoxy groups -OCH3 is 1. The van der Waals surface area contributed by atoms with E-state index in [0.29, 0.717) is 63.6 Å². The van der Waals surface area contributed by atoms with Crippen molar-refractivity contribution in [2.45, 2.75) is 121 Å². The standard InChI is InChI=1S/C38H59N5O7S/c1-29(44)25-43(26-30-15-7-5-8-16-30)36(48)27-42(23-24-50-2)35(47)21-11-4-3-9-17-31(45)18-10-6-14-22-39-34(46)20-13-12-19-33-37-32(28-51-33)40-38(49)41-37/h5,7-8,15-16,32-33,37H,3-4,6,9-14,17-28H2,1-2H3,(H,39,46)(H2,40,41,49)/t32-,33?,37-/m0/s1. The molecular formula is C38H59N5O7S. The maximum atomic E-state index is 13.2. The number of unbranched alkanes of at least 4 members (excludes halogenated alkanes) is 6. The number of hydrogen-bond acceptors (Lipinski definition) is 8. The summed E-state index contributed by atoms with van der Waals surface area (Å²) < 4.78 is 5.17. The predicted molar refractivity (Wildman–Crippen MR) is 199 cm³/mol. The number of fused-ring (bicyclic) bond motifs is 1. The van der Waals surface area contributed by atoms with Gasteiger partial charge in [0.1, 0.15) is 11.6 Å². The van der Waals surface area contributed by atoms with E-state index in [1.54, 1.807) is 7.11 Å². The molecular weight excluding hydrogens is 671 g/mol. The van der Waals surface area contributed by atoms with Gasteiger partial charge in [-0.25, -0.2) is 4.79 Å². The van der Waals surface area contributed by atoms with E-state index in [1.165, 1.54) is 16.7 Å². The molecule has 1 aromatic rings. The smallest absolute Gasteiger partial charge is 0.315 e. The number of urea groups is 1. The number of hydrogen-bond donors (Lipinski definition) is 3. The molecule has 2 aliphatic rings. The lowest BCUT2D eigenvalue weighted by molar-refractivity contribution is -0.142. The summed E-state index contributed by atoms with van der Waals surface area (Å²) in [6.45, 7) is 2.87. The summed E-state index contributed by atoms with van der Waals surface area (Å²) in [4.78, 5) is 77.1. The first-order chi connectivity index (χ1) is 24.7. The zero-order chi connectivity index (χ0) is 36.8. The van der Waals surface area contributed by atoms with Gasteiger partial charge in [0.25, 0.3) is 0 Å². The molecule has 2 aliphatic heterocycles. The fraction of sp³-hybridized carbons (Fsp3) is 0.684. The Morgan fingerprint density at radius 1 is 0.824 bits per heavy atom. The third-order valence-electron chi connectivity index (χ3n) is 9.36. The lowest BCUT2D eigenvalue weighted by Gasteiger charge is -2.27. The van der Waals surface area contributed by atoms with Crippen molar-refractivity contribution in [3.8, 4) is 0 Å². The minimum Gasteiger partial charge on any atom is -0.383 e. The van der Waals surface area contributed by atoms with Crippen molar-refractivity contribution in [1.82, 2.24) is 25.8 Å². The maximum Gasteiger partial charge on any atom is 0.315 e. The Morgan fingerprint density at radius 2 is 1.51 bits per heavy atom. The summed E-state index contributed by atoms with van der Waals surface area (Å²) >= 11 is 1.90. The van der Waals surface area contributed by atoms with Crippen molar-refractivity contribution in [1.29, 1.82) is 0 Å². The maximum absolute atomic E-state index is 13.2. The zero-order valence-corrected chi connectivity index (χ0v) is 31.4. The summed E-state index contributed by atoms with van der Waals surface area (Å²) in [7, 11) is 1.55. The Hall–Kier alpha value is -3.45. The highest BCUT2D eigenvalue weighted by Crippen LogP contribution is 2.33. The molecule has 5 amide bonds. The topological polar surface area (TPSA) is 154 Å². The molecule has 0 spiro atoms. The van der Waals surface area contributed by atoms with E-state index in [9.17, 15) is 28.8 Å². The highest BCUT2D eigenvalue weighted by Gasteiger charge is 2.42. The van der Waals surface area contributed by atoms with Gasteiger partial charge in [0, 0.05) is 63.4 Å². The number of amides is 5. The van der Waals surface area contributed by atoms with Gasteiger partial charge in [-0.3, -0.25) is 24.0 Å². The van der Waals surface area contributed by atoms with Gasteiger partial charge in [0.15, 0.2) is 0 Å². The first-order valence-corrected chi connectivity index (χ1v) is 19.8. The summed E-state index contributed by atoms with van der Waals surface area (Å²) in [5.41, 5.74) is 0.914. The van der Waals surface area contributed by atoms with Crippen LogP contribution in [-0.2, 0) is 35.3 Å². The number of nitrogens with one attached hydrogen (secondary N) is 3. The zero-order valence-electron chi connectivity index (χ0n) is 30.6.